The van der Waals surface area contributed by atoms with Crippen molar-refractivity contribution in [1.82, 2.24) is 9.97 Å². The molecule has 3 rings (SSSR count). The fourth-order valence-corrected chi connectivity index (χ4v) is 2.21. The molecular formula is C19H17N3O3. The number of aromatic nitrogens is 2. The Morgan fingerprint density at radius 1 is 1.04 bits per heavy atom. The van der Waals surface area contributed by atoms with Crippen molar-refractivity contribution in [2.45, 2.75) is 20.0 Å². The van der Waals surface area contributed by atoms with Crippen LogP contribution in [0.15, 0.2) is 54.7 Å². The highest BCUT2D eigenvalue weighted by Crippen LogP contribution is 2.12. The average molecular weight is 335 g/mol. The van der Waals surface area contributed by atoms with E-state index in [1.165, 1.54) is 13.1 Å². The minimum Gasteiger partial charge on any atom is -0.448 e. The summed E-state index contributed by atoms with van der Waals surface area (Å²) in [5.74, 6) is -1.10. The molecule has 0 aliphatic heterocycles. The van der Waals surface area contributed by atoms with Gasteiger partial charge in [0.15, 0.2) is 11.8 Å². The summed E-state index contributed by atoms with van der Waals surface area (Å²) in [6, 6.07) is 14.6. The van der Waals surface area contributed by atoms with Crippen LogP contribution in [-0.2, 0) is 9.53 Å². The third-order valence-corrected chi connectivity index (χ3v) is 3.63. The molecule has 1 heterocycles. The van der Waals surface area contributed by atoms with Gasteiger partial charge in [-0.1, -0.05) is 29.8 Å². The number of amides is 1. The molecule has 0 saturated heterocycles. The first-order valence-electron chi connectivity index (χ1n) is 7.83. The molecule has 0 saturated carbocycles. The van der Waals surface area contributed by atoms with E-state index in [9.17, 15) is 9.59 Å². The lowest BCUT2D eigenvalue weighted by Gasteiger charge is -2.13. The highest BCUT2D eigenvalue weighted by Gasteiger charge is 2.20. The number of carbonyl (C=O) groups excluding carboxylic acids is 2. The Morgan fingerprint density at radius 3 is 2.44 bits per heavy atom. The van der Waals surface area contributed by atoms with Crippen molar-refractivity contribution in [3.8, 4) is 0 Å². The number of nitrogens with zero attached hydrogens (tertiary/aromatic N) is 2. The number of anilines is 1. The second-order valence-electron chi connectivity index (χ2n) is 5.65. The maximum absolute atomic E-state index is 12.2. The predicted molar refractivity (Wildman–Crippen MR) is 94.2 cm³/mol. The van der Waals surface area contributed by atoms with E-state index in [2.05, 4.69) is 15.3 Å². The molecule has 2 aromatic carbocycles. The van der Waals surface area contributed by atoms with Gasteiger partial charge in [-0.2, -0.15) is 0 Å². The van der Waals surface area contributed by atoms with E-state index in [1.54, 1.807) is 24.3 Å². The number of aryl methyl sites for hydroxylation is 1. The SMILES string of the molecule is Cc1ccc(NC(=O)C(C)OC(=O)c2cnc3ccccc3n2)cc1. The van der Waals surface area contributed by atoms with Crippen molar-refractivity contribution in [3.63, 3.8) is 0 Å². The van der Waals surface area contributed by atoms with Crippen molar-refractivity contribution < 1.29 is 14.3 Å². The Balaban J connectivity index is 1.66. The second-order valence-corrected chi connectivity index (χ2v) is 5.65. The molecule has 3 aromatic rings. The Labute approximate surface area is 144 Å². The number of rotatable bonds is 4. The second kappa shape index (κ2) is 7.09. The number of hydrogen-bond donors (Lipinski definition) is 1. The summed E-state index contributed by atoms with van der Waals surface area (Å²) in [7, 11) is 0. The molecule has 6 nitrogen and oxygen atoms in total. The van der Waals surface area contributed by atoms with Gasteiger partial charge in [0, 0.05) is 5.69 Å². The van der Waals surface area contributed by atoms with Crippen molar-refractivity contribution >= 4 is 28.6 Å². The molecule has 0 spiro atoms. The summed E-state index contributed by atoms with van der Waals surface area (Å²) in [5.41, 5.74) is 3.07. The number of carbonyl (C=O) groups is 2. The van der Waals surface area contributed by atoms with Crippen LogP contribution in [-0.4, -0.2) is 27.9 Å². The van der Waals surface area contributed by atoms with Gasteiger partial charge in [-0.25, -0.2) is 9.78 Å². The minimum atomic E-state index is -0.956. The van der Waals surface area contributed by atoms with E-state index in [4.69, 9.17) is 4.74 Å². The van der Waals surface area contributed by atoms with Crippen molar-refractivity contribution in [2.24, 2.45) is 0 Å². The maximum Gasteiger partial charge on any atom is 0.359 e. The summed E-state index contributed by atoms with van der Waals surface area (Å²) in [4.78, 5) is 32.7. The molecule has 1 amide bonds. The quantitative estimate of drug-likeness (QED) is 0.741. The van der Waals surface area contributed by atoms with Gasteiger partial charge >= 0.3 is 5.97 Å². The molecule has 1 aromatic heterocycles. The predicted octanol–water partition coefficient (Wildman–Crippen LogP) is 3.12. The van der Waals surface area contributed by atoms with Gasteiger partial charge in [0.1, 0.15) is 0 Å². The number of ether oxygens (including phenoxy) is 1. The number of para-hydroxylation sites is 2. The topological polar surface area (TPSA) is 81.2 Å². The molecule has 0 aliphatic rings. The van der Waals surface area contributed by atoms with Gasteiger partial charge < -0.3 is 10.1 Å². The number of hydrogen-bond acceptors (Lipinski definition) is 5. The van der Waals surface area contributed by atoms with Crippen LogP contribution in [0.2, 0.25) is 0 Å². The zero-order valence-electron chi connectivity index (χ0n) is 13.9. The molecule has 0 bridgehead atoms. The van der Waals surface area contributed by atoms with Crippen LogP contribution in [0.3, 0.4) is 0 Å². The summed E-state index contributed by atoms with van der Waals surface area (Å²) in [6.45, 7) is 3.47. The van der Waals surface area contributed by atoms with Gasteiger partial charge in [-0.05, 0) is 38.1 Å². The third kappa shape index (κ3) is 3.98. The lowest BCUT2D eigenvalue weighted by atomic mass is 10.2. The largest absolute Gasteiger partial charge is 0.448 e. The van der Waals surface area contributed by atoms with Crippen LogP contribution in [0.1, 0.15) is 23.0 Å². The Hall–Kier alpha value is -3.28. The summed E-state index contributed by atoms with van der Waals surface area (Å²) < 4.78 is 5.19. The molecule has 1 N–H and O–H groups in total. The minimum absolute atomic E-state index is 0.0636. The summed E-state index contributed by atoms with van der Waals surface area (Å²) in [6.07, 6.45) is 0.386. The van der Waals surface area contributed by atoms with E-state index in [0.29, 0.717) is 16.7 Å². The smallest absolute Gasteiger partial charge is 0.359 e. The van der Waals surface area contributed by atoms with Crippen LogP contribution in [0.5, 0.6) is 0 Å². The zero-order valence-corrected chi connectivity index (χ0v) is 13.9. The van der Waals surface area contributed by atoms with Gasteiger partial charge in [-0.3, -0.25) is 9.78 Å². The molecule has 1 unspecified atom stereocenters. The molecule has 126 valence electrons. The van der Waals surface area contributed by atoms with E-state index in [-0.39, 0.29) is 5.69 Å². The molecule has 1 atom stereocenters. The third-order valence-electron chi connectivity index (χ3n) is 3.63. The summed E-state index contributed by atoms with van der Waals surface area (Å²) >= 11 is 0. The van der Waals surface area contributed by atoms with Gasteiger partial charge in [0.05, 0.1) is 17.2 Å². The molecule has 0 aliphatic carbocycles. The monoisotopic (exact) mass is 335 g/mol. The average Bonchev–Trinajstić information content (AvgIpc) is 2.63. The Kier molecular flexibility index (Phi) is 4.70. The number of esters is 1. The lowest BCUT2D eigenvalue weighted by molar-refractivity contribution is -0.123. The van der Waals surface area contributed by atoms with E-state index < -0.39 is 18.0 Å². The van der Waals surface area contributed by atoms with Crippen molar-refractivity contribution in [1.29, 1.82) is 0 Å². The highest BCUT2D eigenvalue weighted by molar-refractivity contribution is 5.97. The first-order chi connectivity index (χ1) is 12.0. The maximum atomic E-state index is 12.2. The van der Waals surface area contributed by atoms with Crippen LogP contribution in [0.4, 0.5) is 5.69 Å². The first-order valence-corrected chi connectivity index (χ1v) is 7.83. The van der Waals surface area contributed by atoms with Crippen molar-refractivity contribution in [2.75, 3.05) is 5.32 Å². The van der Waals surface area contributed by atoms with E-state index in [1.807, 2.05) is 31.2 Å². The molecule has 0 fully saturated rings. The van der Waals surface area contributed by atoms with Gasteiger partial charge in [0.2, 0.25) is 0 Å². The number of benzene rings is 2. The fraction of sp³-hybridized carbons (Fsp3) is 0.158. The van der Waals surface area contributed by atoms with Crippen LogP contribution >= 0.6 is 0 Å². The van der Waals surface area contributed by atoms with E-state index >= 15 is 0 Å². The van der Waals surface area contributed by atoms with Crippen LogP contribution < -0.4 is 5.32 Å². The zero-order chi connectivity index (χ0) is 17.8. The first kappa shape index (κ1) is 16.6. The van der Waals surface area contributed by atoms with Gasteiger partial charge in [-0.15, -0.1) is 0 Å². The Bertz CT molecular complexity index is 923. The van der Waals surface area contributed by atoms with Crippen molar-refractivity contribution in [3.05, 3.63) is 66.0 Å². The molecular weight excluding hydrogens is 318 g/mol. The van der Waals surface area contributed by atoms with Gasteiger partial charge in [0.25, 0.3) is 5.91 Å². The fourth-order valence-electron chi connectivity index (χ4n) is 2.21. The lowest BCUT2D eigenvalue weighted by Crippen LogP contribution is -2.30. The normalized spacial score (nSPS) is 11.8. The molecule has 6 heteroatoms. The number of nitrogens with one attached hydrogen (secondary N) is 1. The molecule has 25 heavy (non-hydrogen) atoms. The molecule has 0 radical (unpaired) electrons. The van der Waals surface area contributed by atoms with Crippen LogP contribution in [0, 0.1) is 6.92 Å². The Morgan fingerprint density at radius 2 is 1.72 bits per heavy atom. The number of fused-ring (bicyclic) bond motifs is 1. The highest BCUT2D eigenvalue weighted by atomic mass is 16.5. The van der Waals surface area contributed by atoms with Crippen LogP contribution in [0.25, 0.3) is 11.0 Å². The summed E-state index contributed by atoms with van der Waals surface area (Å²) in [5, 5.41) is 2.70. The van der Waals surface area contributed by atoms with E-state index in [0.717, 1.165) is 5.56 Å². The standard InChI is InChI=1S/C19H17N3O3/c1-12-7-9-14(10-8-12)21-18(23)13(2)25-19(24)17-11-20-15-5-3-4-6-16(15)22-17/h3-11,13H,1-2H3,(H,21,23).